The van der Waals surface area contributed by atoms with Gasteiger partial charge in [-0.3, -0.25) is 0 Å². The average Bonchev–Trinajstić information content (AvgIpc) is 2.36. The van der Waals surface area contributed by atoms with Gasteiger partial charge in [0.15, 0.2) is 0 Å². The summed E-state index contributed by atoms with van der Waals surface area (Å²) in [6, 6.07) is 8.46. The smallest absolute Gasteiger partial charge is 0.120 e. The van der Waals surface area contributed by atoms with Crippen LogP contribution in [0.3, 0.4) is 0 Å². The molecule has 1 aromatic rings. The normalized spacial score (nSPS) is 30.8. The second-order valence-corrected chi connectivity index (χ2v) is 7.47. The van der Waals surface area contributed by atoms with Crippen molar-refractivity contribution in [2.24, 2.45) is 5.41 Å². The van der Waals surface area contributed by atoms with Gasteiger partial charge >= 0.3 is 0 Å². The van der Waals surface area contributed by atoms with Crippen molar-refractivity contribution >= 4 is 11.6 Å². The van der Waals surface area contributed by atoms with Crippen LogP contribution in [-0.4, -0.2) is 11.5 Å². The number of hydrogen-bond acceptors (Lipinski definition) is 1. The minimum absolute atomic E-state index is 0.110. The van der Waals surface area contributed by atoms with Crippen LogP contribution in [-0.2, 0) is 5.41 Å². The Morgan fingerprint density at radius 1 is 1.37 bits per heavy atom. The van der Waals surface area contributed by atoms with E-state index < -0.39 is 0 Å². The molecule has 1 aliphatic carbocycles. The van der Waals surface area contributed by atoms with Gasteiger partial charge in [0.25, 0.3) is 0 Å². The van der Waals surface area contributed by atoms with E-state index in [2.05, 4.69) is 52.8 Å². The van der Waals surface area contributed by atoms with E-state index in [4.69, 9.17) is 16.3 Å². The maximum atomic E-state index is 6.34. The lowest BCUT2D eigenvalue weighted by Gasteiger charge is -2.50. The predicted octanol–water partition coefficient (Wildman–Crippen LogP) is 5.16. The molecule has 3 atom stereocenters. The Hall–Kier alpha value is -0.690. The first-order valence-electron chi connectivity index (χ1n) is 7.18. The van der Waals surface area contributed by atoms with Gasteiger partial charge < -0.3 is 4.74 Å². The maximum Gasteiger partial charge on any atom is 0.120 e. The molecule has 0 aliphatic heterocycles. The van der Waals surface area contributed by atoms with Crippen molar-refractivity contribution in [2.45, 2.75) is 64.4 Å². The van der Waals surface area contributed by atoms with Crippen LogP contribution in [0.5, 0.6) is 5.75 Å². The van der Waals surface area contributed by atoms with Crippen LogP contribution in [0, 0.1) is 5.41 Å². The highest BCUT2D eigenvalue weighted by Gasteiger charge is 2.51. The summed E-state index contributed by atoms with van der Waals surface area (Å²) in [5.41, 5.74) is 1.58. The van der Waals surface area contributed by atoms with Crippen LogP contribution in [0.25, 0.3) is 0 Å². The largest absolute Gasteiger partial charge is 0.490 e. The van der Waals surface area contributed by atoms with E-state index in [-0.39, 0.29) is 22.3 Å². The monoisotopic (exact) mass is 280 g/mol. The van der Waals surface area contributed by atoms with E-state index in [1.165, 1.54) is 5.56 Å². The van der Waals surface area contributed by atoms with E-state index in [0.29, 0.717) is 0 Å². The van der Waals surface area contributed by atoms with E-state index in [9.17, 15) is 0 Å². The SMILES string of the molecule is CCC1(C)C(Cl)CC1Oc1cccc(C(C)(C)C)c1. The van der Waals surface area contributed by atoms with Crippen molar-refractivity contribution in [2.75, 3.05) is 0 Å². The van der Waals surface area contributed by atoms with Gasteiger partial charge in [0.1, 0.15) is 11.9 Å². The summed E-state index contributed by atoms with van der Waals surface area (Å²) >= 11 is 6.34. The van der Waals surface area contributed by atoms with Crippen LogP contribution in [0.1, 0.15) is 53.0 Å². The van der Waals surface area contributed by atoms with Gasteiger partial charge in [-0.2, -0.15) is 0 Å². The minimum atomic E-state index is 0.110. The first kappa shape index (κ1) is 14.7. The van der Waals surface area contributed by atoms with Gasteiger partial charge in [0.2, 0.25) is 0 Å². The second-order valence-electron chi connectivity index (χ2n) is 6.95. The van der Waals surface area contributed by atoms with Crippen molar-refractivity contribution in [3.8, 4) is 5.75 Å². The molecule has 0 amide bonds. The van der Waals surface area contributed by atoms with Crippen LogP contribution in [0.15, 0.2) is 24.3 Å². The van der Waals surface area contributed by atoms with Crippen molar-refractivity contribution in [1.29, 1.82) is 0 Å². The van der Waals surface area contributed by atoms with E-state index in [1.807, 2.05) is 6.07 Å². The number of benzene rings is 1. The lowest BCUT2D eigenvalue weighted by atomic mass is 9.65. The molecule has 2 heteroatoms. The van der Waals surface area contributed by atoms with Crippen LogP contribution in [0.2, 0.25) is 0 Å². The molecule has 2 rings (SSSR count). The number of halogens is 1. The number of rotatable bonds is 3. The Morgan fingerprint density at radius 3 is 2.58 bits per heavy atom. The maximum absolute atomic E-state index is 6.34. The molecule has 0 heterocycles. The average molecular weight is 281 g/mol. The van der Waals surface area contributed by atoms with Crippen molar-refractivity contribution in [3.63, 3.8) is 0 Å². The van der Waals surface area contributed by atoms with Crippen LogP contribution in [0.4, 0.5) is 0 Å². The van der Waals surface area contributed by atoms with Gasteiger partial charge in [-0.25, -0.2) is 0 Å². The highest BCUT2D eigenvalue weighted by atomic mass is 35.5. The summed E-state index contributed by atoms with van der Waals surface area (Å²) in [5.74, 6) is 0.973. The van der Waals surface area contributed by atoms with Gasteiger partial charge in [0, 0.05) is 17.2 Å². The molecule has 0 N–H and O–H groups in total. The third-order valence-electron chi connectivity index (χ3n) is 4.61. The van der Waals surface area contributed by atoms with Gasteiger partial charge in [-0.15, -0.1) is 11.6 Å². The van der Waals surface area contributed by atoms with E-state index in [0.717, 1.165) is 18.6 Å². The Balaban J connectivity index is 2.13. The van der Waals surface area contributed by atoms with Gasteiger partial charge in [-0.05, 0) is 29.5 Å². The third kappa shape index (κ3) is 2.76. The first-order valence-corrected chi connectivity index (χ1v) is 7.62. The molecular weight excluding hydrogens is 256 g/mol. The topological polar surface area (TPSA) is 9.23 Å². The van der Waals surface area contributed by atoms with Gasteiger partial charge in [0.05, 0.1) is 0 Å². The molecule has 0 radical (unpaired) electrons. The zero-order valence-electron chi connectivity index (χ0n) is 12.7. The fourth-order valence-corrected chi connectivity index (χ4v) is 3.06. The van der Waals surface area contributed by atoms with E-state index >= 15 is 0 Å². The molecule has 3 unspecified atom stereocenters. The standard InChI is InChI=1S/C17H25ClO/c1-6-17(5)14(18)11-15(17)19-13-9-7-8-12(10-13)16(2,3)4/h7-10,14-15H,6,11H2,1-5H3. The van der Waals surface area contributed by atoms with Crippen molar-refractivity contribution in [1.82, 2.24) is 0 Å². The summed E-state index contributed by atoms with van der Waals surface area (Å²) in [5, 5.41) is 0.244. The lowest BCUT2D eigenvalue weighted by Crippen LogP contribution is -2.55. The molecule has 1 aliphatic rings. The zero-order chi connectivity index (χ0) is 14.3. The van der Waals surface area contributed by atoms with Crippen LogP contribution >= 0.6 is 11.6 Å². The Labute approximate surface area is 122 Å². The predicted molar refractivity (Wildman–Crippen MR) is 82.2 cm³/mol. The summed E-state index contributed by atoms with van der Waals surface area (Å²) in [6.45, 7) is 11.1. The Morgan fingerprint density at radius 2 is 2.05 bits per heavy atom. The summed E-state index contributed by atoms with van der Waals surface area (Å²) in [4.78, 5) is 0. The van der Waals surface area contributed by atoms with Crippen LogP contribution < -0.4 is 4.74 Å². The molecule has 19 heavy (non-hydrogen) atoms. The molecule has 1 saturated carbocycles. The lowest BCUT2D eigenvalue weighted by molar-refractivity contribution is -0.0295. The quantitative estimate of drug-likeness (QED) is 0.695. The molecule has 1 nitrogen and oxygen atoms in total. The highest BCUT2D eigenvalue weighted by Crippen LogP contribution is 2.49. The van der Waals surface area contributed by atoms with Crippen molar-refractivity contribution in [3.05, 3.63) is 29.8 Å². The highest BCUT2D eigenvalue weighted by molar-refractivity contribution is 6.21. The Kier molecular flexibility index (Phi) is 3.88. The molecule has 1 aromatic carbocycles. The molecule has 106 valence electrons. The fourth-order valence-electron chi connectivity index (χ4n) is 2.60. The van der Waals surface area contributed by atoms with E-state index in [1.54, 1.807) is 0 Å². The number of hydrogen-bond donors (Lipinski definition) is 0. The molecule has 1 fully saturated rings. The van der Waals surface area contributed by atoms with Crippen molar-refractivity contribution < 1.29 is 4.74 Å². The summed E-state index contributed by atoms with van der Waals surface area (Å²) < 4.78 is 6.18. The molecule has 0 spiro atoms. The summed E-state index contributed by atoms with van der Waals surface area (Å²) in [7, 11) is 0. The number of alkyl halides is 1. The fraction of sp³-hybridized carbons (Fsp3) is 0.647. The first-order chi connectivity index (χ1) is 8.77. The van der Waals surface area contributed by atoms with Gasteiger partial charge in [-0.1, -0.05) is 46.8 Å². The summed E-state index contributed by atoms with van der Waals surface area (Å²) in [6.07, 6.45) is 2.26. The zero-order valence-corrected chi connectivity index (χ0v) is 13.4. The molecule has 0 saturated heterocycles. The number of ether oxygens (including phenoxy) is 1. The molecule has 0 bridgehead atoms. The minimum Gasteiger partial charge on any atom is -0.490 e. The third-order valence-corrected chi connectivity index (χ3v) is 5.29. The molecular formula is C17H25ClO. The Bertz CT molecular complexity index is 449. The second kappa shape index (κ2) is 5.01. The molecule has 0 aromatic heterocycles.